The molecular formula is C55H62N12O3Si. The van der Waals surface area contributed by atoms with Gasteiger partial charge in [-0.3, -0.25) is 14.3 Å². The van der Waals surface area contributed by atoms with E-state index in [2.05, 4.69) is 99.7 Å². The topological polar surface area (TPSA) is 167 Å². The van der Waals surface area contributed by atoms with Crippen LogP contribution < -0.4 is 15.4 Å². The SMILES string of the molecule is C#Cc1ccc2nc(Nc3cc(OCCN4CCCC4)cc(-c4cnn(C)c4)c3)ncc2c1.Cn1cc(-c2cc(O)cc(Nc3ncc4cc(C#C[Si](C)(C)C)ccc4n3)c2)cn1.OCCN1CCCC1. The van der Waals surface area contributed by atoms with Crippen LogP contribution in [0.4, 0.5) is 23.3 Å². The van der Waals surface area contributed by atoms with Crippen molar-refractivity contribution in [2.75, 3.05) is 63.1 Å². The van der Waals surface area contributed by atoms with Gasteiger partial charge in [-0.2, -0.15) is 10.2 Å². The van der Waals surface area contributed by atoms with Gasteiger partial charge in [-0.05, 0) is 124 Å². The van der Waals surface area contributed by atoms with Gasteiger partial charge in [0.1, 0.15) is 26.2 Å². The van der Waals surface area contributed by atoms with Crippen LogP contribution in [0.1, 0.15) is 36.8 Å². The Balaban J connectivity index is 0.000000165. The van der Waals surface area contributed by atoms with Gasteiger partial charge < -0.3 is 30.5 Å². The van der Waals surface area contributed by atoms with Crippen LogP contribution in [0.15, 0.2) is 110 Å². The number of phenols is 1. The molecule has 4 aromatic carbocycles. The first-order valence-corrected chi connectivity index (χ1v) is 27.6. The van der Waals surface area contributed by atoms with Gasteiger partial charge in [0.15, 0.2) is 0 Å². The van der Waals surface area contributed by atoms with Gasteiger partial charge in [0, 0.05) is 109 Å². The normalized spacial score (nSPS) is 13.6. The van der Waals surface area contributed by atoms with Gasteiger partial charge in [-0.15, -0.1) is 12.0 Å². The Kier molecular flexibility index (Phi) is 16.4. The Morgan fingerprint density at radius 1 is 0.648 bits per heavy atom. The predicted octanol–water partition coefficient (Wildman–Crippen LogP) is 9.01. The number of aliphatic hydroxyl groups is 1. The number of hydrogen-bond acceptors (Lipinski definition) is 13. The minimum absolute atomic E-state index is 0.158. The number of aryl methyl sites for hydroxylation is 2. The molecule has 0 amide bonds. The highest BCUT2D eigenvalue weighted by molar-refractivity contribution is 6.83. The number of likely N-dealkylation sites (tertiary alicyclic amines) is 2. The van der Waals surface area contributed by atoms with Crippen molar-refractivity contribution in [1.82, 2.24) is 49.3 Å². The number of ether oxygens (including phenoxy) is 1. The molecule has 0 radical (unpaired) electrons. The molecule has 2 saturated heterocycles. The Morgan fingerprint density at radius 2 is 1.18 bits per heavy atom. The molecule has 0 atom stereocenters. The van der Waals surface area contributed by atoms with E-state index in [-0.39, 0.29) is 5.75 Å². The maximum atomic E-state index is 10.1. The van der Waals surface area contributed by atoms with Crippen LogP contribution >= 0.6 is 0 Å². The number of aliphatic hydroxyl groups excluding tert-OH is 1. The number of β-amino-alcohol motifs (C(OH)–C–C–N with tert-alkyl or cyclic N) is 1. The molecule has 15 nitrogen and oxygen atoms in total. The van der Waals surface area contributed by atoms with Crippen LogP contribution in [0.2, 0.25) is 19.6 Å². The van der Waals surface area contributed by atoms with Crippen LogP contribution in [0.25, 0.3) is 44.1 Å². The second-order valence-corrected chi connectivity index (χ2v) is 23.6. The highest BCUT2D eigenvalue weighted by atomic mass is 28.3. The quantitative estimate of drug-likeness (QED) is 0.0677. The number of fused-ring (bicyclic) bond motifs is 2. The Hall–Kier alpha value is -7.60. The fourth-order valence-corrected chi connectivity index (χ4v) is 8.75. The highest BCUT2D eigenvalue weighted by Crippen LogP contribution is 2.31. The van der Waals surface area contributed by atoms with Crippen LogP contribution in [0, 0.1) is 23.8 Å². The molecule has 0 spiro atoms. The summed E-state index contributed by atoms with van der Waals surface area (Å²) in [4.78, 5) is 22.9. The van der Waals surface area contributed by atoms with E-state index in [1.54, 1.807) is 40.1 Å². The molecule has 8 aromatic rings. The number of nitrogens with one attached hydrogen (secondary N) is 2. The standard InChI is InChI=1S/C26H26N6O.C23H23N5OSi.C6H13NO/c1-3-19-6-7-25-21(12-19)16-27-26(30-25)29-23-13-20(22-17-28-31(2)18-22)14-24(15-23)33-11-10-32-8-4-5-9-32;1-28-15-19(14-25-28)17-10-20(12-21(29)11-17)26-23-24-13-18-9-16(5-6-22(18)27-23)7-8-30(2,3)4;8-6-5-7-3-1-2-4-7/h1,6-7,12-18H,4-5,8-11H2,2H3,(H,27,29,30);5-6,9-15,29H,1-4H3,(H,24,26,27);8H,1-6H2. The average molecular weight is 967 g/mol. The fraction of sp³-hybridized carbons (Fsp3) is 0.309. The third-order valence-corrected chi connectivity index (χ3v) is 12.7. The van der Waals surface area contributed by atoms with Gasteiger partial charge >= 0.3 is 0 Å². The lowest BCUT2D eigenvalue weighted by molar-refractivity contribution is 0.221. The maximum absolute atomic E-state index is 10.1. The zero-order valence-electron chi connectivity index (χ0n) is 41.2. The first kappa shape index (κ1) is 49.8. The molecule has 2 aliphatic heterocycles. The van der Waals surface area contributed by atoms with Gasteiger partial charge in [0.05, 0.1) is 30.0 Å². The minimum atomic E-state index is -1.42. The van der Waals surface area contributed by atoms with Gasteiger partial charge in [0.2, 0.25) is 11.9 Å². The van der Waals surface area contributed by atoms with Crippen LogP contribution in [0.5, 0.6) is 11.5 Å². The van der Waals surface area contributed by atoms with E-state index in [1.807, 2.05) is 81.2 Å². The lowest BCUT2D eigenvalue weighted by Crippen LogP contribution is -2.25. The summed E-state index contributed by atoms with van der Waals surface area (Å²) in [5.74, 6) is 7.85. The molecule has 16 heteroatoms. The van der Waals surface area contributed by atoms with Gasteiger partial charge in [-0.25, -0.2) is 19.9 Å². The Bertz CT molecular complexity index is 3190. The maximum Gasteiger partial charge on any atom is 0.227 e. The lowest BCUT2D eigenvalue weighted by Gasteiger charge is -2.16. The number of aromatic nitrogens is 8. The minimum Gasteiger partial charge on any atom is -0.508 e. The third kappa shape index (κ3) is 14.5. The monoisotopic (exact) mass is 966 g/mol. The van der Waals surface area contributed by atoms with E-state index in [0.717, 1.165) is 92.8 Å². The fourth-order valence-electron chi connectivity index (χ4n) is 8.23. The predicted molar refractivity (Wildman–Crippen MR) is 287 cm³/mol. The molecule has 0 bridgehead atoms. The summed E-state index contributed by atoms with van der Waals surface area (Å²) in [6.45, 7) is 14.2. The molecule has 0 saturated carbocycles. The van der Waals surface area contributed by atoms with Crippen molar-refractivity contribution in [1.29, 1.82) is 0 Å². The molecule has 2 fully saturated rings. The van der Waals surface area contributed by atoms with E-state index < -0.39 is 8.07 Å². The van der Waals surface area contributed by atoms with Crippen molar-refractivity contribution in [2.45, 2.75) is 45.3 Å². The van der Waals surface area contributed by atoms with Gasteiger partial charge in [0.25, 0.3) is 0 Å². The third-order valence-electron chi connectivity index (χ3n) is 11.8. The van der Waals surface area contributed by atoms with Crippen molar-refractivity contribution in [3.05, 3.63) is 121 Å². The number of nitrogens with zero attached hydrogens (tertiary/aromatic N) is 10. The molecular weight excluding hydrogens is 905 g/mol. The molecule has 4 N–H and O–H groups in total. The second kappa shape index (κ2) is 23.3. The molecule has 4 aromatic heterocycles. The van der Waals surface area contributed by atoms with E-state index >= 15 is 0 Å². The summed E-state index contributed by atoms with van der Waals surface area (Å²) >= 11 is 0. The zero-order chi connectivity index (χ0) is 49.7. The first-order valence-electron chi connectivity index (χ1n) is 24.1. The van der Waals surface area contributed by atoms with Crippen molar-refractivity contribution in [3.63, 3.8) is 0 Å². The van der Waals surface area contributed by atoms with Crippen LogP contribution in [-0.2, 0) is 14.1 Å². The first-order chi connectivity index (χ1) is 34.3. The number of terminal acetylenes is 1. The van der Waals surface area contributed by atoms with Crippen molar-refractivity contribution in [2.24, 2.45) is 14.1 Å². The zero-order valence-corrected chi connectivity index (χ0v) is 42.2. The molecule has 10 rings (SSSR count). The van der Waals surface area contributed by atoms with Crippen molar-refractivity contribution in [3.8, 4) is 57.6 Å². The lowest BCUT2D eigenvalue weighted by atomic mass is 10.1. The molecule has 0 unspecified atom stereocenters. The van der Waals surface area contributed by atoms with E-state index in [4.69, 9.17) is 16.3 Å². The smallest absolute Gasteiger partial charge is 0.227 e. The Labute approximate surface area is 417 Å². The van der Waals surface area contributed by atoms with Crippen molar-refractivity contribution >= 4 is 53.2 Å². The number of aromatic hydroxyl groups is 1. The summed E-state index contributed by atoms with van der Waals surface area (Å²) in [5.41, 5.74) is 12.2. The summed E-state index contributed by atoms with van der Waals surface area (Å²) < 4.78 is 9.66. The summed E-state index contributed by atoms with van der Waals surface area (Å²) in [6, 6.07) is 23.0. The number of hydrogen-bond donors (Lipinski definition) is 4. The summed E-state index contributed by atoms with van der Waals surface area (Å²) in [5, 5.41) is 35.5. The van der Waals surface area contributed by atoms with E-state index in [1.165, 1.54) is 38.8 Å². The molecule has 0 aliphatic carbocycles. The number of phenolic OH excluding ortho intramolecular Hbond substituents is 1. The molecule has 6 heterocycles. The van der Waals surface area contributed by atoms with Crippen LogP contribution in [0.3, 0.4) is 0 Å². The summed E-state index contributed by atoms with van der Waals surface area (Å²) in [6.07, 6.45) is 21.8. The summed E-state index contributed by atoms with van der Waals surface area (Å²) in [7, 11) is 2.35. The van der Waals surface area contributed by atoms with Gasteiger partial charge in [-0.1, -0.05) is 31.5 Å². The molecule has 71 heavy (non-hydrogen) atoms. The molecule has 2 aliphatic rings. The average Bonchev–Trinajstić information content (AvgIpc) is 4.22. The molecule has 364 valence electrons. The number of benzene rings is 4. The van der Waals surface area contributed by atoms with Crippen molar-refractivity contribution < 1.29 is 14.9 Å². The van der Waals surface area contributed by atoms with E-state index in [9.17, 15) is 5.11 Å². The highest BCUT2D eigenvalue weighted by Gasteiger charge is 2.14. The largest absolute Gasteiger partial charge is 0.508 e. The number of anilines is 4. The second-order valence-electron chi connectivity index (χ2n) is 18.8. The van der Waals surface area contributed by atoms with Crippen LogP contribution in [-0.4, -0.2) is 120 Å². The van der Waals surface area contributed by atoms with E-state index in [0.29, 0.717) is 30.8 Å². The Morgan fingerprint density at radius 3 is 1.72 bits per heavy atom. The number of rotatable bonds is 12.